The summed E-state index contributed by atoms with van der Waals surface area (Å²) in [6, 6.07) is 5.62. The van der Waals surface area contributed by atoms with Crippen LogP contribution in [0.4, 0.5) is 5.82 Å². The molecule has 2 fully saturated rings. The summed E-state index contributed by atoms with van der Waals surface area (Å²) in [5, 5.41) is 4.72. The van der Waals surface area contributed by atoms with Gasteiger partial charge in [0.1, 0.15) is 11.6 Å². The van der Waals surface area contributed by atoms with Gasteiger partial charge in [0.25, 0.3) is 0 Å². The molecule has 1 unspecified atom stereocenters. The Bertz CT molecular complexity index is 805. The molecule has 0 aromatic carbocycles. The minimum atomic E-state index is 0.535. The third-order valence-electron chi connectivity index (χ3n) is 6.27. The highest BCUT2D eigenvalue weighted by Crippen LogP contribution is 2.29. The van der Waals surface area contributed by atoms with Gasteiger partial charge in [-0.2, -0.15) is 5.10 Å². The fourth-order valence-corrected chi connectivity index (χ4v) is 4.93. The van der Waals surface area contributed by atoms with Gasteiger partial charge < -0.3 is 4.90 Å². The van der Waals surface area contributed by atoms with Crippen LogP contribution in [0.1, 0.15) is 61.6 Å². The molecule has 0 N–H and O–H groups in total. The monoisotopic (exact) mass is 382 g/mol. The van der Waals surface area contributed by atoms with Crippen LogP contribution >= 0.6 is 0 Å². The van der Waals surface area contributed by atoms with E-state index in [1.165, 1.54) is 37.2 Å². The van der Waals surface area contributed by atoms with Gasteiger partial charge in [0.15, 0.2) is 0 Å². The number of hydrogen-bond donors (Lipinski definition) is 0. The molecule has 0 spiro atoms. The fraction of sp³-hybridized carbons (Fsp3) is 0.682. The van der Waals surface area contributed by atoms with E-state index in [0.717, 1.165) is 49.8 Å². The van der Waals surface area contributed by atoms with E-state index in [-0.39, 0.29) is 0 Å². The van der Waals surface area contributed by atoms with Crippen molar-refractivity contribution < 1.29 is 0 Å². The standard InChI is InChI=1S/C22H34N6/c1-5-6-19-14-22(24-18(4)23-19)26-10-7-20(8-11-26)27-12-9-21(15-27)28-17(3)13-16(2)25-28/h13-14,20-21H,5-12,15H2,1-4H3. The predicted octanol–water partition coefficient (Wildman–Crippen LogP) is 3.47. The average molecular weight is 383 g/mol. The topological polar surface area (TPSA) is 50.1 Å². The minimum absolute atomic E-state index is 0.535. The van der Waals surface area contributed by atoms with Crippen molar-refractivity contribution in [3.8, 4) is 0 Å². The Morgan fingerprint density at radius 1 is 0.964 bits per heavy atom. The van der Waals surface area contributed by atoms with Crippen LogP contribution in [-0.2, 0) is 6.42 Å². The first kappa shape index (κ1) is 19.4. The van der Waals surface area contributed by atoms with Crippen LogP contribution in [0.5, 0.6) is 0 Å². The van der Waals surface area contributed by atoms with Gasteiger partial charge in [0, 0.05) is 49.7 Å². The van der Waals surface area contributed by atoms with Crippen molar-refractivity contribution in [2.75, 3.05) is 31.1 Å². The van der Waals surface area contributed by atoms with E-state index < -0.39 is 0 Å². The molecule has 28 heavy (non-hydrogen) atoms. The van der Waals surface area contributed by atoms with E-state index in [2.05, 4.69) is 52.4 Å². The Kier molecular flexibility index (Phi) is 5.67. The molecule has 2 aromatic rings. The lowest BCUT2D eigenvalue weighted by Gasteiger charge is -2.37. The summed E-state index contributed by atoms with van der Waals surface area (Å²) in [6.07, 6.45) is 5.82. The summed E-state index contributed by atoms with van der Waals surface area (Å²) >= 11 is 0. The second kappa shape index (κ2) is 8.19. The van der Waals surface area contributed by atoms with Crippen LogP contribution in [0.15, 0.2) is 12.1 Å². The quantitative estimate of drug-likeness (QED) is 0.792. The van der Waals surface area contributed by atoms with E-state index >= 15 is 0 Å². The van der Waals surface area contributed by atoms with E-state index in [9.17, 15) is 0 Å². The zero-order valence-corrected chi connectivity index (χ0v) is 17.9. The maximum atomic E-state index is 4.72. The third kappa shape index (κ3) is 4.07. The SMILES string of the molecule is CCCc1cc(N2CCC(N3CCC(n4nc(C)cc4C)C3)CC2)nc(C)n1. The van der Waals surface area contributed by atoms with Gasteiger partial charge in [-0.05, 0) is 52.5 Å². The zero-order chi connectivity index (χ0) is 19.7. The van der Waals surface area contributed by atoms with Gasteiger partial charge in [0.2, 0.25) is 0 Å². The molecule has 4 rings (SSSR count). The highest BCUT2D eigenvalue weighted by atomic mass is 15.3. The molecule has 0 amide bonds. The molecule has 0 bridgehead atoms. The van der Waals surface area contributed by atoms with Gasteiger partial charge in [-0.15, -0.1) is 0 Å². The lowest BCUT2D eigenvalue weighted by atomic mass is 10.0. The molecule has 1 atom stereocenters. The van der Waals surface area contributed by atoms with Crippen molar-refractivity contribution in [2.24, 2.45) is 0 Å². The van der Waals surface area contributed by atoms with Gasteiger partial charge in [-0.1, -0.05) is 13.3 Å². The summed E-state index contributed by atoms with van der Waals surface area (Å²) in [7, 11) is 0. The zero-order valence-electron chi connectivity index (χ0n) is 17.9. The Hall–Kier alpha value is -1.95. The van der Waals surface area contributed by atoms with Crippen molar-refractivity contribution in [3.05, 3.63) is 35.0 Å². The van der Waals surface area contributed by atoms with Crippen molar-refractivity contribution in [3.63, 3.8) is 0 Å². The minimum Gasteiger partial charge on any atom is -0.356 e. The second-order valence-corrected chi connectivity index (χ2v) is 8.54. The molecule has 2 saturated heterocycles. The first-order valence-corrected chi connectivity index (χ1v) is 10.9. The number of anilines is 1. The van der Waals surface area contributed by atoms with Crippen LogP contribution in [-0.4, -0.2) is 56.9 Å². The van der Waals surface area contributed by atoms with Gasteiger partial charge in [-0.3, -0.25) is 9.58 Å². The molecule has 2 aromatic heterocycles. The maximum absolute atomic E-state index is 4.72. The largest absolute Gasteiger partial charge is 0.356 e. The van der Waals surface area contributed by atoms with E-state index in [4.69, 9.17) is 10.1 Å². The van der Waals surface area contributed by atoms with Crippen molar-refractivity contribution in [1.82, 2.24) is 24.6 Å². The maximum Gasteiger partial charge on any atom is 0.132 e. The third-order valence-corrected chi connectivity index (χ3v) is 6.27. The van der Waals surface area contributed by atoms with Gasteiger partial charge in [-0.25, -0.2) is 9.97 Å². The molecular weight excluding hydrogens is 348 g/mol. The van der Waals surface area contributed by atoms with E-state index in [0.29, 0.717) is 12.1 Å². The number of aryl methyl sites for hydroxylation is 4. The van der Waals surface area contributed by atoms with Gasteiger partial charge >= 0.3 is 0 Å². The Labute approximate surface area is 169 Å². The average Bonchev–Trinajstić information content (AvgIpc) is 3.28. The first-order valence-electron chi connectivity index (χ1n) is 10.9. The lowest BCUT2D eigenvalue weighted by molar-refractivity contribution is 0.199. The molecule has 0 radical (unpaired) electrons. The normalized spacial score (nSPS) is 21.6. The first-order chi connectivity index (χ1) is 13.5. The van der Waals surface area contributed by atoms with Crippen LogP contribution in [0.2, 0.25) is 0 Å². The smallest absolute Gasteiger partial charge is 0.132 e. The molecule has 152 valence electrons. The Morgan fingerprint density at radius 2 is 1.71 bits per heavy atom. The molecule has 0 saturated carbocycles. The number of nitrogens with zero attached hydrogens (tertiary/aromatic N) is 6. The highest BCUT2D eigenvalue weighted by molar-refractivity contribution is 5.40. The van der Waals surface area contributed by atoms with Crippen molar-refractivity contribution >= 4 is 5.82 Å². The lowest BCUT2D eigenvalue weighted by Crippen LogP contribution is -2.44. The fourth-order valence-electron chi connectivity index (χ4n) is 4.93. The second-order valence-electron chi connectivity index (χ2n) is 8.54. The molecular formula is C22H34N6. The predicted molar refractivity (Wildman–Crippen MR) is 113 cm³/mol. The molecule has 6 heteroatoms. The molecule has 6 nitrogen and oxygen atoms in total. The van der Waals surface area contributed by atoms with Crippen LogP contribution < -0.4 is 4.90 Å². The summed E-state index contributed by atoms with van der Waals surface area (Å²) in [6.45, 7) is 13.0. The van der Waals surface area contributed by atoms with Crippen LogP contribution in [0.3, 0.4) is 0 Å². The highest BCUT2D eigenvalue weighted by Gasteiger charge is 2.32. The summed E-state index contributed by atoms with van der Waals surface area (Å²) in [4.78, 5) is 14.5. The van der Waals surface area contributed by atoms with Crippen molar-refractivity contribution in [1.29, 1.82) is 0 Å². The molecule has 2 aliphatic rings. The van der Waals surface area contributed by atoms with Crippen LogP contribution in [0.25, 0.3) is 0 Å². The number of likely N-dealkylation sites (tertiary alicyclic amines) is 1. The number of piperidine rings is 1. The van der Waals surface area contributed by atoms with Crippen LogP contribution in [0, 0.1) is 20.8 Å². The molecule has 4 heterocycles. The number of hydrogen-bond acceptors (Lipinski definition) is 5. The Morgan fingerprint density at radius 3 is 2.39 bits per heavy atom. The summed E-state index contributed by atoms with van der Waals surface area (Å²) in [5.41, 5.74) is 3.60. The van der Waals surface area contributed by atoms with Gasteiger partial charge in [0.05, 0.1) is 11.7 Å². The number of rotatable bonds is 5. The molecule has 0 aliphatic carbocycles. The summed E-state index contributed by atoms with van der Waals surface area (Å²) < 4.78 is 2.25. The Balaban J connectivity index is 1.35. The molecule has 2 aliphatic heterocycles. The number of aromatic nitrogens is 4. The van der Waals surface area contributed by atoms with Crippen molar-refractivity contribution in [2.45, 2.75) is 71.9 Å². The van der Waals surface area contributed by atoms with E-state index in [1.54, 1.807) is 0 Å². The van der Waals surface area contributed by atoms with E-state index in [1.807, 2.05) is 6.92 Å². The summed E-state index contributed by atoms with van der Waals surface area (Å²) in [5.74, 6) is 2.02.